The molecule has 5 nitrogen and oxygen atoms in total. The first-order valence-electron chi connectivity index (χ1n) is 12.7. The van der Waals surface area contributed by atoms with Crippen LogP contribution in [0, 0.1) is 5.92 Å². The van der Waals surface area contributed by atoms with Crippen LogP contribution in [0.25, 0.3) is 0 Å². The smallest absolute Gasteiger partial charge is 0.416 e. The number of cyclic esters (lactones) is 1. The average Bonchev–Trinajstić information content (AvgIpc) is 3.17. The third kappa shape index (κ3) is 6.74. The molecule has 2 fully saturated rings. The lowest BCUT2D eigenvalue weighted by Gasteiger charge is -2.32. The number of ether oxygens (including phenoxy) is 2. The van der Waals surface area contributed by atoms with E-state index < -0.39 is 71.7 Å². The maximum atomic E-state index is 13.6. The Morgan fingerprint density at radius 2 is 1.46 bits per heavy atom. The first-order chi connectivity index (χ1) is 19.0. The highest BCUT2D eigenvalue weighted by Crippen LogP contribution is 2.42. The van der Waals surface area contributed by atoms with Gasteiger partial charge in [0.05, 0.1) is 28.8 Å². The Bertz CT molecular complexity index is 1220. The molecule has 0 spiro atoms. The maximum Gasteiger partial charge on any atom is 0.416 e. The second-order valence-electron chi connectivity index (χ2n) is 10.2. The molecule has 4 rings (SSSR count). The zero-order valence-corrected chi connectivity index (χ0v) is 21.9. The van der Waals surface area contributed by atoms with Crippen LogP contribution in [-0.4, -0.2) is 37.2 Å². The fourth-order valence-electron chi connectivity index (χ4n) is 5.40. The number of hydrogen-bond donors (Lipinski definition) is 1. The Balaban J connectivity index is 1.71. The molecule has 1 N–H and O–H groups in total. The predicted octanol–water partition coefficient (Wildman–Crippen LogP) is 7.51. The third-order valence-electron chi connectivity index (χ3n) is 7.51. The predicted molar refractivity (Wildman–Crippen MR) is 127 cm³/mol. The molecule has 2 heterocycles. The van der Waals surface area contributed by atoms with Crippen molar-refractivity contribution in [3.63, 3.8) is 0 Å². The number of methoxy groups -OCH3 is 1. The highest BCUT2D eigenvalue weighted by atomic mass is 19.4. The van der Waals surface area contributed by atoms with Crippen LogP contribution < -0.4 is 5.32 Å². The van der Waals surface area contributed by atoms with E-state index in [0.29, 0.717) is 43.6 Å². The Labute approximate surface area is 229 Å². The summed E-state index contributed by atoms with van der Waals surface area (Å²) in [6.45, 7) is 2.26. The molecule has 2 aliphatic heterocycles. The van der Waals surface area contributed by atoms with Crippen molar-refractivity contribution in [2.24, 2.45) is 5.92 Å². The van der Waals surface area contributed by atoms with E-state index in [-0.39, 0.29) is 17.5 Å². The number of carbonyl (C=O) groups is 1. The van der Waals surface area contributed by atoms with Gasteiger partial charge in [-0.3, -0.25) is 4.90 Å². The normalized spacial score (nSPS) is 21.7. The van der Waals surface area contributed by atoms with Crippen LogP contribution >= 0.6 is 0 Å². The van der Waals surface area contributed by atoms with Crippen LogP contribution in [0.4, 0.5) is 44.3 Å². The number of carbonyl (C=O) groups excluding carboxylic acids is 1. The summed E-state index contributed by atoms with van der Waals surface area (Å²) >= 11 is 0. The quantitative estimate of drug-likeness (QED) is 0.350. The molecule has 0 saturated carbocycles. The Morgan fingerprint density at radius 3 is 1.98 bits per heavy atom. The molecule has 0 bridgehead atoms. The molecule has 3 atom stereocenters. The van der Waals surface area contributed by atoms with Crippen molar-refractivity contribution in [2.75, 3.05) is 20.2 Å². The van der Waals surface area contributed by atoms with Crippen molar-refractivity contribution >= 4 is 6.09 Å². The van der Waals surface area contributed by atoms with Gasteiger partial charge in [0.2, 0.25) is 0 Å². The maximum absolute atomic E-state index is 13.6. The van der Waals surface area contributed by atoms with Crippen molar-refractivity contribution in [3.05, 3.63) is 69.8 Å². The number of nitrogens with zero attached hydrogens (tertiary/aromatic N) is 1. The summed E-state index contributed by atoms with van der Waals surface area (Å²) in [5.41, 5.74) is -4.20. The van der Waals surface area contributed by atoms with Gasteiger partial charge in [0.15, 0.2) is 0 Å². The van der Waals surface area contributed by atoms with Gasteiger partial charge in [0, 0.05) is 13.7 Å². The number of benzene rings is 2. The Kier molecular flexibility index (Phi) is 8.57. The van der Waals surface area contributed by atoms with Crippen molar-refractivity contribution in [2.45, 2.75) is 63.1 Å². The number of nitrogens with one attached hydrogen (secondary N) is 1. The van der Waals surface area contributed by atoms with Crippen molar-refractivity contribution < 1.29 is 53.8 Å². The van der Waals surface area contributed by atoms with Crippen LogP contribution in [0.1, 0.15) is 65.4 Å². The fraction of sp³-hybridized carbons (Fsp3) is 0.519. The van der Waals surface area contributed by atoms with E-state index in [9.17, 15) is 44.3 Å². The molecule has 1 unspecified atom stereocenters. The van der Waals surface area contributed by atoms with Gasteiger partial charge in [-0.15, -0.1) is 0 Å². The lowest BCUT2D eigenvalue weighted by molar-refractivity contribution is -0.143. The Hall–Kier alpha value is -3.00. The minimum atomic E-state index is -5.11. The average molecular weight is 599 g/mol. The molecule has 0 aliphatic carbocycles. The highest BCUT2D eigenvalue weighted by molar-refractivity contribution is 5.71. The summed E-state index contributed by atoms with van der Waals surface area (Å²) in [5, 5.41) is 3.19. The van der Waals surface area contributed by atoms with Gasteiger partial charge in [-0.25, -0.2) is 4.79 Å². The number of amides is 1. The van der Waals surface area contributed by atoms with E-state index >= 15 is 0 Å². The van der Waals surface area contributed by atoms with E-state index in [1.165, 1.54) is 20.1 Å². The van der Waals surface area contributed by atoms with Crippen LogP contribution in [0.15, 0.2) is 36.4 Å². The lowest BCUT2D eigenvalue weighted by atomic mass is 9.85. The van der Waals surface area contributed by atoms with E-state index in [1.54, 1.807) is 0 Å². The van der Waals surface area contributed by atoms with Gasteiger partial charge in [0.25, 0.3) is 0 Å². The zero-order valence-electron chi connectivity index (χ0n) is 21.9. The zero-order chi connectivity index (χ0) is 30.3. The van der Waals surface area contributed by atoms with Crippen molar-refractivity contribution in [3.8, 4) is 0 Å². The molecule has 41 heavy (non-hydrogen) atoms. The highest BCUT2D eigenvalue weighted by Gasteiger charge is 2.44. The molecular weight excluding hydrogens is 571 g/mol. The second-order valence-corrected chi connectivity index (χ2v) is 10.2. The topological polar surface area (TPSA) is 50.8 Å². The summed E-state index contributed by atoms with van der Waals surface area (Å²) in [6.07, 6.45) is -16.8. The molecule has 0 aromatic heterocycles. The summed E-state index contributed by atoms with van der Waals surface area (Å²) in [7, 11) is 1.42. The summed E-state index contributed by atoms with van der Waals surface area (Å²) in [5.74, 6) is -0.0432. The van der Waals surface area contributed by atoms with Crippen molar-refractivity contribution in [1.82, 2.24) is 10.2 Å². The van der Waals surface area contributed by atoms with Crippen molar-refractivity contribution in [1.29, 1.82) is 0 Å². The van der Waals surface area contributed by atoms with E-state index in [0.717, 1.165) is 17.0 Å². The monoisotopic (exact) mass is 598 g/mol. The molecular formula is C27H27F9N2O3. The molecule has 14 heteroatoms. The number of halogens is 9. The van der Waals surface area contributed by atoms with Gasteiger partial charge in [-0.05, 0) is 85.8 Å². The summed E-state index contributed by atoms with van der Waals surface area (Å²) in [6, 6.07) is 2.85. The fourth-order valence-corrected chi connectivity index (χ4v) is 5.40. The molecule has 226 valence electrons. The number of piperidine rings is 1. The van der Waals surface area contributed by atoms with Crippen LogP contribution in [0.5, 0.6) is 0 Å². The van der Waals surface area contributed by atoms with Gasteiger partial charge in [-0.2, -0.15) is 39.5 Å². The minimum Gasteiger partial charge on any atom is -0.439 e. The van der Waals surface area contributed by atoms with Gasteiger partial charge in [0.1, 0.15) is 6.10 Å². The van der Waals surface area contributed by atoms with E-state index in [2.05, 4.69) is 5.32 Å². The van der Waals surface area contributed by atoms with Crippen LogP contribution in [0.3, 0.4) is 0 Å². The molecule has 1 amide bonds. The SMILES string of the molecule is COC(c1ccc(C(F)(F)F)cc1CN1C(=O)O[C@H](c2cc(C(F)(F)F)cc(C(F)(F)F)c2)[C@@H]1C)C1CCNCC1. The summed E-state index contributed by atoms with van der Waals surface area (Å²) in [4.78, 5) is 13.9. The van der Waals surface area contributed by atoms with Crippen LogP contribution in [-0.2, 0) is 34.5 Å². The Morgan fingerprint density at radius 1 is 0.902 bits per heavy atom. The van der Waals surface area contributed by atoms with E-state index in [4.69, 9.17) is 9.47 Å². The summed E-state index contributed by atoms with van der Waals surface area (Å²) < 4.78 is 132. The first kappa shape index (κ1) is 30.9. The molecule has 2 saturated heterocycles. The van der Waals surface area contributed by atoms with Gasteiger partial charge in [-0.1, -0.05) is 6.07 Å². The van der Waals surface area contributed by atoms with Gasteiger partial charge >= 0.3 is 24.6 Å². The molecule has 2 aromatic carbocycles. The molecule has 2 aromatic rings. The van der Waals surface area contributed by atoms with Gasteiger partial charge < -0.3 is 14.8 Å². The molecule has 2 aliphatic rings. The minimum absolute atomic E-state index is 0.0384. The first-order valence-corrected chi connectivity index (χ1v) is 12.7. The third-order valence-corrected chi connectivity index (χ3v) is 7.51. The van der Waals surface area contributed by atoms with E-state index in [1.807, 2.05) is 0 Å². The molecule has 0 radical (unpaired) electrons. The largest absolute Gasteiger partial charge is 0.439 e. The number of rotatable bonds is 6. The number of alkyl halides is 9. The van der Waals surface area contributed by atoms with Crippen LogP contribution in [0.2, 0.25) is 0 Å². The number of hydrogen-bond acceptors (Lipinski definition) is 4. The second kappa shape index (κ2) is 11.3. The standard InChI is InChI=1S/C27H27F9N2O3/c1-14-22(16-9-19(26(31,32)33)12-20(10-16)27(34,35)36)41-24(39)38(14)13-17-11-18(25(28,29)30)3-4-21(17)23(40-2)15-5-7-37-8-6-15/h3-4,9-12,14-15,22-23,37H,5-8,13H2,1-2H3/t14-,22-,23?/m0/s1. The lowest BCUT2D eigenvalue weighted by Crippen LogP contribution is -2.34.